The van der Waals surface area contributed by atoms with E-state index in [1.54, 1.807) is 0 Å². The molecule has 120 valence electrons. The van der Waals surface area contributed by atoms with Gasteiger partial charge >= 0.3 is 0 Å². The molecule has 1 aromatic carbocycles. The van der Waals surface area contributed by atoms with E-state index in [1.165, 1.54) is 11.1 Å². The fourth-order valence-electron chi connectivity index (χ4n) is 3.02. The number of imidazole rings is 1. The Kier molecular flexibility index (Phi) is 4.40. The van der Waals surface area contributed by atoms with Crippen LogP contribution in [0.3, 0.4) is 0 Å². The Bertz CT molecular complexity index is 832. The summed E-state index contributed by atoms with van der Waals surface area (Å²) < 4.78 is 2.17. The number of pyridine rings is 1. The predicted octanol–water partition coefficient (Wildman–Crippen LogP) is 4.77. The highest BCUT2D eigenvalue weighted by Gasteiger charge is 2.14. The Hall–Kier alpha value is -1.87. The molecule has 0 aliphatic heterocycles. The molecule has 3 rings (SSSR count). The van der Waals surface area contributed by atoms with Crippen LogP contribution in [0.2, 0.25) is 0 Å². The third kappa shape index (κ3) is 3.11. The van der Waals surface area contributed by atoms with Gasteiger partial charge in [-0.3, -0.25) is 4.57 Å². The van der Waals surface area contributed by atoms with Crippen molar-refractivity contribution in [3.63, 3.8) is 0 Å². The smallest absolute Gasteiger partial charge is 0.165 e. The fourth-order valence-corrected chi connectivity index (χ4v) is 3.20. The Morgan fingerprint density at radius 2 is 1.83 bits per heavy atom. The van der Waals surface area contributed by atoms with Gasteiger partial charge in [0.2, 0.25) is 0 Å². The molecule has 3 aromatic rings. The van der Waals surface area contributed by atoms with Crippen molar-refractivity contribution in [1.29, 1.82) is 0 Å². The summed E-state index contributed by atoms with van der Waals surface area (Å²) in [6.45, 7) is 8.27. The van der Waals surface area contributed by atoms with Crippen LogP contribution < -0.4 is 0 Å². The first-order valence-corrected chi connectivity index (χ1v) is 8.52. The lowest BCUT2D eigenvalue weighted by atomic mass is 10.1. The highest BCUT2D eigenvalue weighted by Crippen LogP contribution is 2.24. The molecule has 0 bridgehead atoms. The van der Waals surface area contributed by atoms with Gasteiger partial charge in [0.05, 0.1) is 0 Å². The van der Waals surface area contributed by atoms with Gasteiger partial charge in [-0.2, -0.15) is 0 Å². The van der Waals surface area contributed by atoms with Gasteiger partial charge in [0.15, 0.2) is 5.65 Å². The Labute approximate surface area is 142 Å². The number of fused-ring (bicyclic) bond motifs is 1. The molecule has 1 atom stereocenters. The largest absolute Gasteiger partial charge is 0.281 e. The average Bonchev–Trinajstić information content (AvgIpc) is 2.86. The van der Waals surface area contributed by atoms with Gasteiger partial charge in [-0.15, -0.1) is 11.6 Å². The molecule has 0 amide bonds. The second-order valence-corrected chi connectivity index (χ2v) is 6.87. The van der Waals surface area contributed by atoms with E-state index in [9.17, 15) is 0 Å². The molecule has 0 N–H and O–H groups in total. The second-order valence-electron chi connectivity index (χ2n) is 6.12. The molecule has 0 saturated carbocycles. The number of aromatic nitrogens is 3. The van der Waals surface area contributed by atoms with Gasteiger partial charge < -0.3 is 0 Å². The molecule has 1 unspecified atom stereocenters. The van der Waals surface area contributed by atoms with Gasteiger partial charge in [-0.25, -0.2) is 9.97 Å². The third-order valence-corrected chi connectivity index (χ3v) is 4.19. The van der Waals surface area contributed by atoms with Gasteiger partial charge in [0, 0.05) is 23.2 Å². The first kappa shape index (κ1) is 16.0. The summed E-state index contributed by atoms with van der Waals surface area (Å²) in [5.74, 6) is 1.04. The van der Waals surface area contributed by atoms with Crippen molar-refractivity contribution in [3.05, 3.63) is 53.0 Å². The van der Waals surface area contributed by atoms with E-state index in [2.05, 4.69) is 48.7 Å². The van der Waals surface area contributed by atoms with Crippen LogP contribution in [0.1, 0.15) is 36.5 Å². The number of halogens is 1. The van der Waals surface area contributed by atoms with E-state index >= 15 is 0 Å². The highest BCUT2D eigenvalue weighted by atomic mass is 35.5. The van der Waals surface area contributed by atoms with Crippen LogP contribution >= 0.6 is 11.6 Å². The maximum absolute atomic E-state index is 6.09. The third-order valence-electron chi connectivity index (χ3n) is 4.03. The lowest BCUT2D eigenvalue weighted by molar-refractivity contribution is 0.895. The van der Waals surface area contributed by atoms with Gasteiger partial charge in [0.1, 0.15) is 11.3 Å². The van der Waals surface area contributed by atoms with Crippen LogP contribution in [0, 0.1) is 13.8 Å². The molecule has 0 spiro atoms. The van der Waals surface area contributed by atoms with E-state index in [4.69, 9.17) is 21.6 Å². The summed E-state index contributed by atoms with van der Waals surface area (Å²) >= 11 is 6.09. The summed E-state index contributed by atoms with van der Waals surface area (Å²) in [6.07, 6.45) is 1.75. The maximum Gasteiger partial charge on any atom is 0.165 e. The Morgan fingerprint density at radius 3 is 2.43 bits per heavy atom. The number of hydrogen-bond acceptors (Lipinski definition) is 2. The zero-order chi connectivity index (χ0) is 16.6. The van der Waals surface area contributed by atoms with E-state index in [-0.39, 0.29) is 5.38 Å². The lowest BCUT2D eigenvalue weighted by Gasteiger charge is -2.10. The molecule has 4 heteroatoms. The maximum atomic E-state index is 6.09. The van der Waals surface area contributed by atoms with Gasteiger partial charge in [-0.1, -0.05) is 19.1 Å². The van der Waals surface area contributed by atoms with Crippen molar-refractivity contribution in [2.75, 3.05) is 0 Å². The zero-order valence-electron chi connectivity index (χ0n) is 14.1. The average molecular weight is 328 g/mol. The van der Waals surface area contributed by atoms with E-state index in [0.717, 1.165) is 41.2 Å². The predicted molar refractivity (Wildman–Crippen MR) is 96.7 cm³/mol. The minimum Gasteiger partial charge on any atom is -0.281 e. The lowest BCUT2D eigenvalue weighted by Crippen LogP contribution is -2.02. The summed E-state index contributed by atoms with van der Waals surface area (Å²) in [6, 6.07) is 10.6. The summed E-state index contributed by atoms with van der Waals surface area (Å²) in [5, 5.41) is 0.146. The fraction of sp³-hybridized carbons (Fsp3) is 0.368. The van der Waals surface area contributed by atoms with Crippen LogP contribution in [-0.2, 0) is 12.8 Å². The van der Waals surface area contributed by atoms with E-state index < -0.39 is 0 Å². The first-order chi connectivity index (χ1) is 11.0. The second kappa shape index (κ2) is 6.32. The number of rotatable bonds is 4. The van der Waals surface area contributed by atoms with E-state index in [0.29, 0.717) is 0 Å². The van der Waals surface area contributed by atoms with E-state index in [1.807, 2.05) is 13.8 Å². The molecule has 2 heterocycles. The number of hydrogen-bond donors (Lipinski definition) is 0. The van der Waals surface area contributed by atoms with Crippen molar-refractivity contribution in [2.45, 2.75) is 45.9 Å². The number of alkyl halides is 1. The van der Waals surface area contributed by atoms with Crippen molar-refractivity contribution >= 4 is 22.8 Å². The van der Waals surface area contributed by atoms with Crippen molar-refractivity contribution in [3.8, 4) is 5.69 Å². The van der Waals surface area contributed by atoms with Crippen LogP contribution in [-0.4, -0.2) is 19.9 Å². The molecular formula is C19H22ClN3. The van der Waals surface area contributed by atoms with Crippen molar-refractivity contribution in [2.24, 2.45) is 0 Å². The monoisotopic (exact) mass is 327 g/mol. The quantitative estimate of drug-likeness (QED) is 0.646. The minimum absolute atomic E-state index is 0.146. The van der Waals surface area contributed by atoms with Crippen molar-refractivity contribution < 1.29 is 0 Å². The Balaban J connectivity index is 2.14. The molecule has 0 aliphatic rings. The number of aryl methyl sites for hydroxylation is 3. The molecule has 23 heavy (non-hydrogen) atoms. The first-order valence-electron chi connectivity index (χ1n) is 8.08. The summed E-state index contributed by atoms with van der Waals surface area (Å²) in [7, 11) is 0. The number of nitrogens with zero attached hydrogens (tertiary/aromatic N) is 3. The van der Waals surface area contributed by atoms with Crippen LogP contribution in [0.25, 0.3) is 16.9 Å². The van der Waals surface area contributed by atoms with Gasteiger partial charge in [0.25, 0.3) is 0 Å². The van der Waals surface area contributed by atoms with Crippen LogP contribution in [0.5, 0.6) is 0 Å². The molecule has 0 aliphatic carbocycles. The molecular weight excluding hydrogens is 306 g/mol. The topological polar surface area (TPSA) is 30.7 Å². The standard InChI is InChI=1S/C19H22ClN3/c1-5-17-22-18-12(2)10-14(4)21-19(18)23(17)16-8-6-15(7-9-16)11-13(3)20/h6-10,13H,5,11H2,1-4H3. The molecule has 0 radical (unpaired) electrons. The molecule has 0 saturated heterocycles. The molecule has 3 nitrogen and oxygen atoms in total. The summed E-state index contributed by atoms with van der Waals surface area (Å²) in [5.41, 5.74) is 6.48. The SMILES string of the molecule is CCc1nc2c(C)cc(C)nc2n1-c1ccc(CC(C)Cl)cc1. The van der Waals surface area contributed by atoms with Crippen molar-refractivity contribution in [1.82, 2.24) is 14.5 Å². The Morgan fingerprint density at radius 1 is 1.13 bits per heavy atom. The summed E-state index contributed by atoms with van der Waals surface area (Å²) in [4.78, 5) is 9.53. The highest BCUT2D eigenvalue weighted by molar-refractivity contribution is 6.20. The number of benzene rings is 1. The van der Waals surface area contributed by atoms with Crippen LogP contribution in [0.4, 0.5) is 0 Å². The van der Waals surface area contributed by atoms with Gasteiger partial charge in [-0.05, 0) is 56.5 Å². The molecule has 0 fully saturated rings. The normalized spacial score (nSPS) is 12.7. The van der Waals surface area contributed by atoms with Crippen LogP contribution in [0.15, 0.2) is 30.3 Å². The minimum atomic E-state index is 0.146. The molecule has 2 aromatic heterocycles. The zero-order valence-corrected chi connectivity index (χ0v) is 14.9.